The second-order valence-electron chi connectivity index (χ2n) is 3.96. The number of nitrogens with two attached hydrogens (primary N) is 1. The smallest absolute Gasteiger partial charge is 0.251 e. The van der Waals surface area contributed by atoms with Crippen molar-refractivity contribution in [1.29, 1.82) is 0 Å². The predicted octanol–water partition coefficient (Wildman–Crippen LogP) is 1.83. The van der Waals surface area contributed by atoms with E-state index in [1.807, 2.05) is 7.05 Å². The topological polar surface area (TPSA) is 56.7 Å². The van der Waals surface area contributed by atoms with Gasteiger partial charge in [-0.25, -0.2) is 8.78 Å². The SMILES string of the molecule is Cl.Cn1c(CN)nnc1SCCC1CC1(F)F. The van der Waals surface area contributed by atoms with Gasteiger partial charge in [-0.05, 0) is 6.42 Å². The summed E-state index contributed by atoms with van der Waals surface area (Å²) in [5.41, 5.74) is 5.45. The number of nitrogens with zero attached hydrogens (tertiary/aromatic N) is 3. The average Bonchev–Trinajstić information content (AvgIpc) is 2.68. The number of alkyl halides is 2. The van der Waals surface area contributed by atoms with E-state index in [2.05, 4.69) is 10.2 Å². The van der Waals surface area contributed by atoms with Gasteiger partial charge < -0.3 is 10.3 Å². The molecule has 1 aromatic rings. The van der Waals surface area contributed by atoms with Crippen LogP contribution in [0.3, 0.4) is 0 Å². The average molecular weight is 285 g/mol. The van der Waals surface area contributed by atoms with E-state index >= 15 is 0 Å². The van der Waals surface area contributed by atoms with Crippen LogP contribution in [-0.2, 0) is 13.6 Å². The molecule has 0 bridgehead atoms. The predicted molar refractivity (Wildman–Crippen MR) is 64.5 cm³/mol. The van der Waals surface area contributed by atoms with Crippen LogP contribution in [0.25, 0.3) is 0 Å². The van der Waals surface area contributed by atoms with Crippen LogP contribution < -0.4 is 5.73 Å². The van der Waals surface area contributed by atoms with Crippen LogP contribution in [0.2, 0.25) is 0 Å². The second kappa shape index (κ2) is 5.49. The van der Waals surface area contributed by atoms with Gasteiger partial charge in [-0.2, -0.15) is 0 Å². The molecule has 0 aliphatic heterocycles. The van der Waals surface area contributed by atoms with E-state index in [4.69, 9.17) is 5.73 Å². The van der Waals surface area contributed by atoms with E-state index in [0.29, 0.717) is 24.5 Å². The second-order valence-corrected chi connectivity index (χ2v) is 5.02. The van der Waals surface area contributed by atoms with Gasteiger partial charge in [0.05, 0.1) is 6.54 Å². The summed E-state index contributed by atoms with van der Waals surface area (Å²) in [4.78, 5) is 0. The normalized spacial score (nSPS) is 21.1. The maximum absolute atomic E-state index is 12.6. The molecule has 1 aliphatic carbocycles. The number of aromatic nitrogens is 3. The molecule has 0 spiro atoms. The minimum Gasteiger partial charge on any atom is -0.324 e. The van der Waals surface area contributed by atoms with E-state index in [-0.39, 0.29) is 18.8 Å². The Hall–Kier alpha value is -0.400. The highest BCUT2D eigenvalue weighted by Crippen LogP contribution is 2.51. The third-order valence-corrected chi connectivity index (χ3v) is 3.81. The summed E-state index contributed by atoms with van der Waals surface area (Å²) in [5.74, 6) is -1.49. The van der Waals surface area contributed by atoms with Crippen molar-refractivity contribution in [3.05, 3.63) is 5.82 Å². The molecule has 1 aromatic heterocycles. The fraction of sp³-hybridized carbons (Fsp3) is 0.778. The molecule has 4 nitrogen and oxygen atoms in total. The maximum atomic E-state index is 12.6. The first-order valence-electron chi connectivity index (χ1n) is 5.13. The zero-order valence-corrected chi connectivity index (χ0v) is 11.0. The summed E-state index contributed by atoms with van der Waals surface area (Å²) in [5, 5.41) is 8.58. The molecule has 0 radical (unpaired) electrons. The van der Waals surface area contributed by atoms with Gasteiger partial charge >= 0.3 is 0 Å². The molecule has 2 rings (SSSR count). The molecule has 1 saturated carbocycles. The maximum Gasteiger partial charge on any atom is 0.251 e. The molecule has 17 heavy (non-hydrogen) atoms. The summed E-state index contributed by atoms with van der Waals surface area (Å²) in [7, 11) is 1.83. The molecule has 0 aromatic carbocycles. The van der Waals surface area contributed by atoms with E-state index in [9.17, 15) is 8.78 Å². The lowest BCUT2D eigenvalue weighted by molar-refractivity contribution is 0.0983. The van der Waals surface area contributed by atoms with Crippen molar-refractivity contribution in [3.63, 3.8) is 0 Å². The lowest BCUT2D eigenvalue weighted by Crippen LogP contribution is -2.05. The van der Waals surface area contributed by atoms with Crippen molar-refractivity contribution < 1.29 is 8.78 Å². The standard InChI is InChI=1S/C9H14F2N4S.ClH/c1-15-7(5-12)13-14-8(15)16-3-2-6-4-9(6,10)11;/h6H,2-5,12H2,1H3;1H. The van der Waals surface area contributed by atoms with Crippen LogP contribution >= 0.6 is 24.2 Å². The molecule has 2 N–H and O–H groups in total. The first kappa shape index (κ1) is 14.7. The highest BCUT2D eigenvalue weighted by molar-refractivity contribution is 7.99. The first-order valence-corrected chi connectivity index (χ1v) is 6.12. The van der Waals surface area contributed by atoms with E-state index < -0.39 is 11.8 Å². The molecule has 98 valence electrons. The minimum atomic E-state index is -2.41. The molecule has 1 aliphatic rings. The Morgan fingerprint density at radius 2 is 2.18 bits per heavy atom. The Labute approximate surface area is 109 Å². The fourth-order valence-corrected chi connectivity index (χ4v) is 2.51. The molecule has 8 heteroatoms. The van der Waals surface area contributed by atoms with E-state index in [1.165, 1.54) is 11.8 Å². The Kier molecular flexibility index (Phi) is 4.74. The molecule has 1 unspecified atom stereocenters. The van der Waals surface area contributed by atoms with Crippen molar-refractivity contribution in [1.82, 2.24) is 14.8 Å². The van der Waals surface area contributed by atoms with Gasteiger partial charge in [0.25, 0.3) is 5.92 Å². The van der Waals surface area contributed by atoms with Gasteiger partial charge in [0.2, 0.25) is 0 Å². The van der Waals surface area contributed by atoms with Gasteiger partial charge in [0.15, 0.2) is 5.16 Å². The van der Waals surface area contributed by atoms with Crippen molar-refractivity contribution in [2.24, 2.45) is 18.7 Å². The molecule has 1 heterocycles. The van der Waals surface area contributed by atoms with Gasteiger partial charge in [0.1, 0.15) is 5.82 Å². The molecule has 1 atom stereocenters. The van der Waals surface area contributed by atoms with Crippen LogP contribution in [0.4, 0.5) is 8.78 Å². The summed E-state index contributed by atoms with van der Waals surface area (Å²) in [6.07, 6.45) is 0.572. The first-order chi connectivity index (χ1) is 7.54. The van der Waals surface area contributed by atoms with Gasteiger partial charge in [-0.15, -0.1) is 22.6 Å². The zero-order valence-electron chi connectivity index (χ0n) is 9.40. The van der Waals surface area contributed by atoms with Crippen molar-refractivity contribution in [3.8, 4) is 0 Å². The number of hydrogen-bond acceptors (Lipinski definition) is 4. The third kappa shape index (κ3) is 3.29. The largest absolute Gasteiger partial charge is 0.324 e. The molecule has 0 saturated heterocycles. The van der Waals surface area contributed by atoms with Gasteiger partial charge in [-0.3, -0.25) is 0 Å². The van der Waals surface area contributed by atoms with Crippen LogP contribution in [0.5, 0.6) is 0 Å². The Morgan fingerprint density at radius 1 is 1.53 bits per heavy atom. The monoisotopic (exact) mass is 284 g/mol. The quantitative estimate of drug-likeness (QED) is 0.838. The number of halogens is 3. The fourth-order valence-electron chi connectivity index (χ4n) is 1.52. The summed E-state index contributed by atoms with van der Waals surface area (Å²) in [6.45, 7) is 0.338. The van der Waals surface area contributed by atoms with Gasteiger partial charge in [0, 0.05) is 25.1 Å². The van der Waals surface area contributed by atoms with Crippen LogP contribution in [0.15, 0.2) is 5.16 Å². The minimum absolute atomic E-state index is 0. The summed E-state index contributed by atoms with van der Waals surface area (Å²) < 4.78 is 27.0. The van der Waals surface area contributed by atoms with E-state index in [0.717, 1.165) is 5.16 Å². The lowest BCUT2D eigenvalue weighted by atomic mass is 10.3. The number of hydrogen-bond donors (Lipinski definition) is 1. The number of rotatable bonds is 5. The van der Waals surface area contributed by atoms with Crippen molar-refractivity contribution in [2.45, 2.75) is 30.5 Å². The van der Waals surface area contributed by atoms with Crippen LogP contribution in [-0.4, -0.2) is 26.4 Å². The highest BCUT2D eigenvalue weighted by atomic mass is 35.5. The Morgan fingerprint density at radius 3 is 2.65 bits per heavy atom. The summed E-state index contributed by atoms with van der Waals surface area (Å²) in [6, 6.07) is 0. The summed E-state index contributed by atoms with van der Waals surface area (Å²) >= 11 is 1.45. The van der Waals surface area contributed by atoms with E-state index in [1.54, 1.807) is 4.57 Å². The Balaban J connectivity index is 0.00000144. The van der Waals surface area contributed by atoms with Gasteiger partial charge in [-0.1, -0.05) is 11.8 Å². The van der Waals surface area contributed by atoms with Crippen molar-refractivity contribution in [2.75, 3.05) is 5.75 Å². The zero-order chi connectivity index (χ0) is 11.8. The highest BCUT2D eigenvalue weighted by Gasteiger charge is 2.55. The number of thioether (sulfide) groups is 1. The van der Waals surface area contributed by atoms with Crippen molar-refractivity contribution >= 4 is 24.2 Å². The molecular weight excluding hydrogens is 270 g/mol. The molecule has 1 fully saturated rings. The lowest BCUT2D eigenvalue weighted by Gasteiger charge is -2.01. The van der Waals surface area contributed by atoms with Crippen LogP contribution in [0.1, 0.15) is 18.7 Å². The molecule has 0 amide bonds. The van der Waals surface area contributed by atoms with Crippen LogP contribution in [0, 0.1) is 5.92 Å². The molecular formula is C9H15ClF2N4S. The third-order valence-electron chi connectivity index (χ3n) is 2.76. The Bertz CT molecular complexity index is 385.